The van der Waals surface area contributed by atoms with E-state index >= 15 is 0 Å². The largest absolute Gasteiger partial charge is 0.508 e. The van der Waals surface area contributed by atoms with E-state index in [2.05, 4.69) is 45.0 Å². The van der Waals surface area contributed by atoms with Crippen LogP contribution in [0.2, 0.25) is 0 Å². The Balaban J connectivity index is 1.62. The molecule has 3 N–H and O–H groups in total. The molecule has 1 saturated heterocycles. The van der Waals surface area contributed by atoms with Crippen molar-refractivity contribution in [2.24, 2.45) is 0 Å². The lowest BCUT2D eigenvalue weighted by Gasteiger charge is -2.28. The highest BCUT2D eigenvalue weighted by Gasteiger charge is 2.42. The van der Waals surface area contributed by atoms with Gasteiger partial charge in [-0.1, -0.05) is 6.07 Å². The zero-order chi connectivity index (χ0) is 25.4. The molecule has 36 heavy (non-hydrogen) atoms. The zero-order valence-corrected chi connectivity index (χ0v) is 21.1. The second-order valence-corrected chi connectivity index (χ2v) is 9.29. The van der Waals surface area contributed by atoms with Crippen LogP contribution in [0.1, 0.15) is 41.7 Å². The first kappa shape index (κ1) is 23.6. The summed E-state index contributed by atoms with van der Waals surface area (Å²) in [5.74, 6) is 0.117. The average Bonchev–Trinajstić information content (AvgIpc) is 3.35. The molecule has 3 heterocycles. The highest BCUT2D eigenvalue weighted by molar-refractivity contribution is 7.80. The molecule has 8 heteroatoms. The van der Waals surface area contributed by atoms with Gasteiger partial charge in [-0.15, -0.1) is 0 Å². The number of phenolic OH excluding ortho intramolecular Hbond substituents is 1. The Morgan fingerprint density at radius 1 is 1.03 bits per heavy atom. The monoisotopic (exact) mass is 497 g/mol. The van der Waals surface area contributed by atoms with Crippen LogP contribution in [-0.2, 0) is 4.79 Å². The standard InChI is InChI=1S/C28H27N5O2S/c1-17-16-24(18(2)32(17)21-11-13-23(35)14-12-21)27-26(25-6-4-5-15-29-25)31-28(36)33(27)22-9-7-20(8-10-22)30-19(3)34/h4-16,26-27,35H,1-3H3,(H,30,34)(H,31,36)/t26-,27+/m0/s1. The van der Waals surface area contributed by atoms with Crippen molar-refractivity contribution < 1.29 is 9.90 Å². The van der Waals surface area contributed by atoms with Crippen LogP contribution in [0, 0.1) is 13.8 Å². The summed E-state index contributed by atoms with van der Waals surface area (Å²) in [4.78, 5) is 18.2. The normalized spacial score (nSPS) is 17.2. The summed E-state index contributed by atoms with van der Waals surface area (Å²) in [7, 11) is 0. The van der Waals surface area contributed by atoms with Crippen molar-refractivity contribution in [1.82, 2.24) is 14.9 Å². The Morgan fingerprint density at radius 2 is 1.72 bits per heavy atom. The molecule has 0 radical (unpaired) electrons. The number of nitrogens with zero attached hydrogens (tertiary/aromatic N) is 3. The molecule has 1 aliphatic heterocycles. The van der Waals surface area contributed by atoms with Crippen LogP contribution in [0.15, 0.2) is 79.0 Å². The van der Waals surface area contributed by atoms with Crippen LogP contribution in [0.4, 0.5) is 11.4 Å². The van der Waals surface area contributed by atoms with Crippen molar-refractivity contribution in [3.8, 4) is 11.4 Å². The summed E-state index contributed by atoms with van der Waals surface area (Å²) in [6.07, 6.45) is 1.79. The van der Waals surface area contributed by atoms with Crippen molar-refractivity contribution >= 4 is 34.6 Å². The number of benzene rings is 2. The van der Waals surface area contributed by atoms with Crippen LogP contribution in [0.5, 0.6) is 5.75 Å². The van der Waals surface area contributed by atoms with Crippen molar-refractivity contribution in [2.45, 2.75) is 32.9 Å². The van der Waals surface area contributed by atoms with Gasteiger partial charge in [-0.2, -0.15) is 0 Å². The van der Waals surface area contributed by atoms with Crippen LogP contribution < -0.4 is 15.5 Å². The fraction of sp³-hybridized carbons (Fsp3) is 0.179. The van der Waals surface area contributed by atoms with Gasteiger partial charge in [0.05, 0.1) is 17.8 Å². The first-order valence-electron chi connectivity index (χ1n) is 11.7. The van der Waals surface area contributed by atoms with Gasteiger partial charge in [0.2, 0.25) is 5.91 Å². The molecule has 2 atom stereocenters. The molecule has 0 aliphatic carbocycles. The van der Waals surface area contributed by atoms with Crippen LogP contribution in [0.3, 0.4) is 0 Å². The van der Waals surface area contributed by atoms with Gasteiger partial charge in [0.1, 0.15) is 5.75 Å². The SMILES string of the molecule is CC(=O)Nc1ccc(N2C(=S)N[C@@H](c3ccccn3)[C@H]2c2cc(C)n(-c3ccc(O)cc3)c2C)cc1. The highest BCUT2D eigenvalue weighted by atomic mass is 32.1. The zero-order valence-electron chi connectivity index (χ0n) is 20.3. The number of amides is 1. The third-order valence-corrected chi connectivity index (χ3v) is 6.78. The van der Waals surface area contributed by atoms with Crippen LogP contribution >= 0.6 is 12.2 Å². The Labute approximate surface area is 215 Å². The summed E-state index contributed by atoms with van der Waals surface area (Å²) in [6, 6.07) is 22.7. The minimum atomic E-state index is -0.164. The van der Waals surface area contributed by atoms with Gasteiger partial charge in [0, 0.05) is 41.6 Å². The number of anilines is 2. The number of thiocarbonyl (C=S) groups is 1. The molecule has 2 aromatic carbocycles. The Hall–Kier alpha value is -4.17. The molecular formula is C28H27N5O2S. The van der Waals surface area contributed by atoms with Gasteiger partial charge in [0.25, 0.3) is 0 Å². The van der Waals surface area contributed by atoms with Gasteiger partial charge < -0.3 is 25.2 Å². The third-order valence-electron chi connectivity index (χ3n) is 6.46. The molecule has 4 aromatic rings. The number of aromatic nitrogens is 2. The predicted molar refractivity (Wildman–Crippen MR) is 146 cm³/mol. The fourth-order valence-corrected chi connectivity index (χ4v) is 5.29. The maximum absolute atomic E-state index is 11.5. The smallest absolute Gasteiger partial charge is 0.221 e. The fourth-order valence-electron chi connectivity index (χ4n) is 4.94. The van der Waals surface area contributed by atoms with E-state index in [1.165, 1.54) is 6.92 Å². The summed E-state index contributed by atoms with van der Waals surface area (Å²) in [6.45, 7) is 5.67. The minimum absolute atomic E-state index is 0.115. The first-order chi connectivity index (χ1) is 17.3. The maximum atomic E-state index is 11.5. The lowest BCUT2D eigenvalue weighted by atomic mass is 9.96. The lowest BCUT2D eigenvalue weighted by molar-refractivity contribution is -0.114. The maximum Gasteiger partial charge on any atom is 0.221 e. The highest BCUT2D eigenvalue weighted by Crippen LogP contribution is 2.44. The second kappa shape index (κ2) is 9.47. The number of carbonyl (C=O) groups excluding carboxylic acids is 1. The molecule has 7 nitrogen and oxygen atoms in total. The van der Waals surface area contributed by atoms with E-state index in [-0.39, 0.29) is 23.7 Å². The van der Waals surface area contributed by atoms with Gasteiger partial charge in [0.15, 0.2) is 5.11 Å². The number of hydrogen-bond donors (Lipinski definition) is 3. The second-order valence-electron chi connectivity index (χ2n) is 8.90. The van der Waals surface area contributed by atoms with Gasteiger partial charge >= 0.3 is 0 Å². The summed E-state index contributed by atoms with van der Waals surface area (Å²) < 4.78 is 2.18. The number of aryl methyl sites for hydroxylation is 1. The van der Waals surface area contributed by atoms with E-state index in [1.54, 1.807) is 18.3 Å². The number of pyridine rings is 1. The van der Waals surface area contributed by atoms with Gasteiger partial charge in [-0.25, -0.2) is 0 Å². The molecule has 0 bridgehead atoms. The molecule has 0 spiro atoms. The summed E-state index contributed by atoms with van der Waals surface area (Å²) >= 11 is 5.85. The van der Waals surface area contributed by atoms with Crippen molar-refractivity contribution in [1.29, 1.82) is 0 Å². The van der Waals surface area contributed by atoms with Gasteiger partial charge in [-0.05, 0) is 98.4 Å². The summed E-state index contributed by atoms with van der Waals surface area (Å²) in [5.41, 5.74) is 6.80. The third kappa shape index (κ3) is 4.31. The number of aromatic hydroxyl groups is 1. The Morgan fingerprint density at radius 3 is 2.36 bits per heavy atom. The van der Waals surface area contributed by atoms with Crippen LogP contribution in [0.25, 0.3) is 5.69 Å². The Kier molecular flexibility index (Phi) is 6.20. The van der Waals surface area contributed by atoms with E-state index in [1.807, 2.05) is 54.6 Å². The molecule has 0 saturated carbocycles. The topological polar surface area (TPSA) is 82.4 Å². The molecule has 2 aromatic heterocycles. The van der Waals surface area contributed by atoms with E-state index in [4.69, 9.17) is 12.2 Å². The van der Waals surface area contributed by atoms with Crippen molar-refractivity contribution in [2.75, 3.05) is 10.2 Å². The predicted octanol–water partition coefficient (Wildman–Crippen LogP) is 5.33. The van der Waals surface area contributed by atoms with E-state index < -0.39 is 0 Å². The lowest BCUT2D eigenvalue weighted by Crippen LogP contribution is -2.29. The number of phenols is 1. The number of rotatable bonds is 5. The molecule has 1 amide bonds. The average molecular weight is 498 g/mol. The molecule has 182 valence electrons. The van der Waals surface area contributed by atoms with E-state index in [0.29, 0.717) is 5.11 Å². The van der Waals surface area contributed by atoms with Crippen molar-refractivity contribution in [3.05, 3.63) is 102 Å². The molecule has 5 rings (SSSR count). The quantitative estimate of drug-likeness (QED) is 0.323. The van der Waals surface area contributed by atoms with Gasteiger partial charge in [-0.3, -0.25) is 9.78 Å². The van der Waals surface area contributed by atoms with E-state index in [9.17, 15) is 9.90 Å². The number of nitrogens with one attached hydrogen (secondary N) is 2. The molecule has 1 fully saturated rings. The van der Waals surface area contributed by atoms with Crippen LogP contribution in [-0.4, -0.2) is 25.7 Å². The molecule has 0 unspecified atom stereocenters. The minimum Gasteiger partial charge on any atom is -0.508 e. The molecular weight excluding hydrogens is 470 g/mol. The first-order valence-corrected chi connectivity index (χ1v) is 12.1. The molecule has 1 aliphatic rings. The number of hydrogen-bond acceptors (Lipinski definition) is 4. The van der Waals surface area contributed by atoms with E-state index in [0.717, 1.165) is 39.7 Å². The Bertz CT molecular complexity index is 1420. The summed E-state index contributed by atoms with van der Waals surface area (Å²) in [5, 5.41) is 16.7. The number of carbonyl (C=O) groups is 1. The van der Waals surface area contributed by atoms with Crippen molar-refractivity contribution in [3.63, 3.8) is 0 Å².